The van der Waals surface area contributed by atoms with Gasteiger partial charge in [0, 0.05) is 0 Å². The summed E-state index contributed by atoms with van der Waals surface area (Å²) in [6.07, 6.45) is 6.63. The molecule has 0 aromatic heterocycles. The molecule has 1 heteroatoms. The number of rotatable bonds is 0. The number of hydrogen-bond donors (Lipinski definition) is 0. The van der Waals surface area contributed by atoms with Crippen molar-refractivity contribution in [3.8, 4) is 11.1 Å². The first kappa shape index (κ1) is 14.8. The first-order chi connectivity index (χ1) is 11.3. The Kier molecular flexibility index (Phi) is 4.14. The van der Waals surface area contributed by atoms with Gasteiger partial charge in [-0.25, -0.2) is 0 Å². The van der Waals surface area contributed by atoms with Gasteiger partial charge in [-0.1, -0.05) is 36.4 Å². The van der Waals surface area contributed by atoms with E-state index in [0.29, 0.717) is 0 Å². The molecule has 0 amide bonds. The Bertz CT molecular complexity index is 890. The molecule has 0 heterocycles. The summed E-state index contributed by atoms with van der Waals surface area (Å²) in [6, 6.07) is 23.9. The van der Waals surface area contributed by atoms with Crippen LogP contribution in [-0.2, 0) is 37.6 Å². The van der Waals surface area contributed by atoms with Gasteiger partial charge in [-0.2, -0.15) is 0 Å². The zero-order valence-corrected chi connectivity index (χ0v) is 15.4. The van der Waals surface area contributed by atoms with Crippen LogP contribution in [0.25, 0.3) is 17.2 Å². The Morgan fingerprint density at radius 1 is 0.696 bits per heavy atom. The summed E-state index contributed by atoms with van der Waals surface area (Å²) in [5, 5.41) is 0. The van der Waals surface area contributed by atoms with Crippen molar-refractivity contribution in [3.63, 3.8) is 0 Å². The van der Waals surface area contributed by atoms with E-state index in [1.807, 2.05) is 0 Å². The molecule has 0 atom stereocenters. The van der Waals surface area contributed by atoms with Gasteiger partial charge in [0.2, 0.25) is 0 Å². The van der Waals surface area contributed by atoms with Crippen LogP contribution >= 0.6 is 0 Å². The van der Waals surface area contributed by atoms with Gasteiger partial charge >= 0.3 is 99.1 Å². The zero-order valence-electron chi connectivity index (χ0n) is 12.9. The molecular formula is C22H17Zr. The minimum atomic E-state index is 1.12. The zero-order chi connectivity index (χ0) is 15.6. The van der Waals surface area contributed by atoms with E-state index in [0.717, 1.165) is 12.8 Å². The van der Waals surface area contributed by atoms with Gasteiger partial charge in [-0.15, -0.1) is 0 Å². The molecule has 0 unspecified atom stereocenters. The average molecular weight is 373 g/mol. The van der Waals surface area contributed by atoms with Gasteiger partial charge in [0.1, 0.15) is 0 Å². The van der Waals surface area contributed by atoms with E-state index in [1.54, 1.807) is 5.56 Å². The molecule has 0 spiro atoms. The third-order valence-electron chi connectivity index (χ3n) is 4.54. The van der Waals surface area contributed by atoms with Gasteiger partial charge < -0.3 is 0 Å². The Hall–Kier alpha value is -1.72. The number of fused-ring (bicyclic) bond motifs is 4. The summed E-state index contributed by atoms with van der Waals surface area (Å²) in [7, 11) is 0. The monoisotopic (exact) mass is 371 g/mol. The van der Waals surface area contributed by atoms with E-state index in [2.05, 4.69) is 78.9 Å². The maximum absolute atomic E-state index is 2.24. The Balaban J connectivity index is 0.000000130. The van der Waals surface area contributed by atoms with E-state index in [1.165, 1.54) is 55.8 Å². The van der Waals surface area contributed by atoms with Crippen LogP contribution in [0.3, 0.4) is 0 Å². The van der Waals surface area contributed by atoms with Crippen LogP contribution in [0.5, 0.6) is 0 Å². The normalized spacial score (nSPS) is 12.8. The molecule has 0 aliphatic heterocycles. The molecule has 3 aromatic carbocycles. The van der Waals surface area contributed by atoms with Crippen molar-refractivity contribution >= 4 is 9.35 Å². The first-order valence-electron chi connectivity index (χ1n) is 7.99. The van der Waals surface area contributed by atoms with Gasteiger partial charge in [-0.05, 0) is 17.5 Å². The second-order valence-corrected chi connectivity index (χ2v) is 7.30. The summed E-state index contributed by atoms with van der Waals surface area (Å²) in [5.41, 5.74) is 8.76. The average Bonchev–Trinajstić information content (AvgIpc) is 3.20. The molecule has 0 saturated heterocycles. The van der Waals surface area contributed by atoms with Crippen LogP contribution in [0, 0.1) is 0 Å². The molecule has 0 bridgehead atoms. The molecule has 2 aliphatic carbocycles. The molecule has 109 valence electrons. The molecule has 3 aromatic rings. The van der Waals surface area contributed by atoms with E-state index in [-0.39, 0.29) is 0 Å². The van der Waals surface area contributed by atoms with E-state index in [9.17, 15) is 0 Å². The summed E-state index contributed by atoms with van der Waals surface area (Å²) in [4.78, 5) is 0. The summed E-state index contributed by atoms with van der Waals surface area (Å²) < 4.78 is 1.51. The van der Waals surface area contributed by atoms with Crippen molar-refractivity contribution in [2.75, 3.05) is 0 Å². The van der Waals surface area contributed by atoms with Gasteiger partial charge in [0.25, 0.3) is 0 Å². The van der Waals surface area contributed by atoms with Crippen molar-refractivity contribution < 1.29 is 24.7 Å². The van der Waals surface area contributed by atoms with Crippen LogP contribution in [0.4, 0.5) is 0 Å². The third kappa shape index (κ3) is 2.91. The Labute approximate surface area is 152 Å². The number of allylic oxidation sites excluding steroid dienone is 1. The van der Waals surface area contributed by atoms with Crippen LogP contribution < -0.4 is 3.27 Å². The minimum absolute atomic E-state index is 1.12. The quantitative estimate of drug-likeness (QED) is 0.420. The fourth-order valence-corrected chi connectivity index (χ4v) is 4.14. The van der Waals surface area contributed by atoms with Crippen molar-refractivity contribution in [2.45, 2.75) is 12.8 Å². The molecule has 0 radical (unpaired) electrons. The van der Waals surface area contributed by atoms with E-state index < -0.39 is 0 Å². The first-order valence-corrected chi connectivity index (χ1v) is 9.22. The maximum atomic E-state index is 2.24. The summed E-state index contributed by atoms with van der Waals surface area (Å²) in [6.45, 7) is 0. The van der Waals surface area contributed by atoms with E-state index in [4.69, 9.17) is 0 Å². The molecule has 0 nitrogen and oxygen atoms in total. The van der Waals surface area contributed by atoms with Crippen molar-refractivity contribution in [1.82, 2.24) is 0 Å². The van der Waals surface area contributed by atoms with Gasteiger partial charge in [0.15, 0.2) is 0 Å². The van der Waals surface area contributed by atoms with Crippen LogP contribution in [0.1, 0.15) is 22.3 Å². The van der Waals surface area contributed by atoms with Crippen LogP contribution in [0.2, 0.25) is 0 Å². The van der Waals surface area contributed by atoms with Gasteiger partial charge in [0.05, 0.1) is 0 Å². The Morgan fingerprint density at radius 2 is 1.43 bits per heavy atom. The fourth-order valence-electron chi connectivity index (χ4n) is 3.35. The Morgan fingerprint density at radius 3 is 2.30 bits per heavy atom. The SMILES string of the molecule is C1=Cc2ccccc2C1.[Zr][c]1cccc2c1Cc1ccccc1-2. The number of benzene rings is 3. The topological polar surface area (TPSA) is 0 Å². The molecule has 5 rings (SSSR count). The van der Waals surface area contributed by atoms with Crippen LogP contribution in [0.15, 0.2) is 72.8 Å². The second-order valence-electron chi connectivity index (χ2n) is 5.97. The predicted octanol–water partition coefficient (Wildman–Crippen LogP) is 4.69. The van der Waals surface area contributed by atoms with Crippen molar-refractivity contribution in [3.05, 3.63) is 95.1 Å². The summed E-state index contributed by atoms with van der Waals surface area (Å²) >= 11 is 1.52. The van der Waals surface area contributed by atoms with E-state index >= 15 is 0 Å². The number of hydrogen-bond acceptors (Lipinski definition) is 0. The molecule has 0 fully saturated rings. The van der Waals surface area contributed by atoms with Gasteiger partial charge in [-0.3, -0.25) is 0 Å². The van der Waals surface area contributed by atoms with Crippen LogP contribution in [-0.4, -0.2) is 0 Å². The second kappa shape index (κ2) is 6.42. The molecule has 2 aliphatic rings. The predicted molar refractivity (Wildman–Crippen MR) is 93.5 cm³/mol. The molecule has 0 N–H and O–H groups in total. The fraction of sp³-hybridized carbons (Fsp3) is 0.0909. The molecule has 23 heavy (non-hydrogen) atoms. The molecular weight excluding hydrogens is 355 g/mol. The summed E-state index contributed by atoms with van der Waals surface area (Å²) in [5.74, 6) is 0. The van der Waals surface area contributed by atoms with Crippen molar-refractivity contribution in [1.29, 1.82) is 0 Å². The molecule has 0 saturated carbocycles. The third-order valence-corrected chi connectivity index (χ3v) is 5.69. The van der Waals surface area contributed by atoms with Crippen molar-refractivity contribution in [2.24, 2.45) is 0 Å². The standard InChI is InChI=1S/C13H9.C9H8.Zr/c1-3-7-12-10(5-1)9-11-6-2-4-8-13(11)12;1-2-5-9-7-3-6-8(9)4-1;/h1-5,7-8H,9H2;1-6H,7H2;.